The van der Waals surface area contributed by atoms with E-state index in [2.05, 4.69) is 15.2 Å². The minimum Gasteiger partial charge on any atom is -0.508 e. The maximum absolute atomic E-state index is 12.3. The Morgan fingerprint density at radius 1 is 0.893 bits per heavy atom. The van der Waals surface area contributed by atoms with Crippen LogP contribution in [0.4, 0.5) is 5.69 Å². The molecule has 0 heterocycles. The van der Waals surface area contributed by atoms with Crippen LogP contribution in [0, 0.1) is 0 Å². The van der Waals surface area contributed by atoms with E-state index in [-0.39, 0.29) is 10.6 Å². The first kappa shape index (κ1) is 19.1. The van der Waals surface area contributed by atoms with E-state index in [9.17, 15) is 18.3 Å². The van der Waals surface area contributed by atoms with Gasteiger partial charge in [0.15, 0.2) is 0 Å². The smallest absolute Gasteiger partial charge is 0.271 e. The van der Waals surface area contributed by atoms with Crippen LogP contribution in [-0.4, -0.2) is 25.6 Å². The van der Waals surface area contributed by atoms with Crippen LogP contribution in [0.3, 0.4) is 0 Å². The molecule has 3 aromatic carbocycles. The molecule has 8 heteroatoms. The SMILES string of the molecule is O=C(NN=Cc1ccc(O)cc1)c1ccc(NS(=O)(=O)c2ccccc2)cc1. The lowest BCUT2D eigenvalue weighted by molar-refractivity contribution is 0.0955. The van der Waals surface area contributed by atoms with Gasteiger partial charge in [0.25, 0.3) is 15.9 Å². The average Bonchev–Trinajstić information content (AvgIpc) is 2.70. The Morgan fingerprint density at radius 2 is 1.54 bits per heavy atom. The summed E-state index contributed by atoms with van der Waals surface area (Å²) in [4.78, 5) is 12.3. The number of nitrogens with one attached hydrogen (secondary N) is 2. The molecule has 3 aromatic rings. The highest BCUT2D eigenvalue weighted by molar-refractivity contribution is 7.92. The number of amides is 1. The number of phenolic OH excluding ortho intramolecular Hbond substituents is 1. The van der Waals surface area contributed by atoms with Gasteiger partial charge in [-0.2, -0.15) is 5.10 Å². The number of nitrogens with zero attached hydrogens (tertiary/aromatic N) is 1. The monoisotopic (exact) mass is 395 g/mol. The summed E-state index contributed by atoms with van der Waals surface area (Å²) in [7, 11) is -3.69. The van der Waals surface area contributed by atoms with Crippen molar-refractivity contribution in [2.75, 3.05) is 4.72 Å². The van der Waals surface area contributed by atoms with Gasteiger partial charge in [-0.15, -0.1) is 0 Å². The molecular weight excluding hydrogens is 378 g/mol. The number of hydrazone groups is 1. The van der Waals surface area contributed by atoms with E-state index >= 15 is 0 Å². The molecule has 0 spiro atoms. The molecule has 142 valence electrons. The molecule has 0 atom stereocenters. The number of carbonyl (C=O) groups excluding carboxylic acids is 1. The molecule has 3 rings (SSSR count). The standard InChI is InChI=1S/C20H17N3O4S/c24-18-12-6-15(7-13-18)14-21-22-20(25)16-8-10-17(11-9-16)23-28(26,27)19-4-2-1-3-5-19/h1-14,23-24H,(H,22,25). The summed E-state index contributed by atoms with van der Waals surface area (Å²) in [5.41, 5.74) is 3.76. The van der Waals surface area contributed by atoms with Crippen molar-refractivity contribution >= 4 is 27.8 Å². The van der Waals surface area contributed by atoms with E-state index in [1.54, 1.807) is 30.3 Å². The highest BCUT2D eigenvalue weighted by atomic mass is 32.2. The molecule has 28 heavy (non-hydrogen) atoms. The lowest BCUT2D eigenvalue weighted by Gasteiger charge is -2.08. The van der Waals surface area contributed by atoms with Crippen molar-refractivity contribution in [3.05, 3.63) is 90.0 Å². The largest absolute Gasteiger partial charge is 0.508 e. The summed E-state index contributed by atoms with van der Waals surface area (Å²) in [5, 5.41) is 13.1. The fourth-order valence-electron chi connectivity index (χ4n) is 2.29. The van der Waals surface area contributed by atoms with Gasteiger partial charge in [-0.25, -0.2) is 13.8 Å². The number of anilines is 1. The van der Waals surface area contributed by atoms with Gasteiger partial charge in [-0.3, -0.25) is 9.52 Å². The quantitative estimate of drug-likeness (QED) is 0.440. The summed E-state index contributed by atoms with van der Waals surface area (Å²) in [6.45, 7) is 0. The number of phenols is 1. The van der Waals surface area contributed by atoms with Crippen molar-refractivity contribution in [2.24, 2.45) is 5.10 Å². The van der Waals surface area contributed by atoms with Gasteiger partial charge in [0.2, 0.25) is 0 Å². The summed E-state index contributed by atoms with van der Waals surface area (Å²) in [5.74, 6) is -0.295. The minimum atomic E-state index is -3.69. The van der Waals surface area contributed by atoms with Gasteiger partial charge >= 0.3 is 0 Å². The molecule has 0 aliphatic carbocycles. The van der Waals surface area contributed by atoms with Crippen LogP contribution in [0.25, 0.3) is 0 Å². The minimum absolute atomic E-state index is 0.143. The molecule has 0 radical (unpaired) electrons. The van der Waals surface area contributed by atoms with Gasteiger partial charge in [-0.1, -0.05) is 18.2 Å². The molecule has 0 fully saturated rings. The number of rotatable bonds is 6. The number of aromatic hydroxyl groups is 1. The molecule has 0 bridgehead atoms. The Bertz CT molecular complexity index is 1080. The Labute approximate surface area is 162 Å². The normalized spacial score (nSPS) is 11.3. The van der Waals surface area contributed by atoms with Crippen molar-refractivity contribution in [2.45, 2.75) is 4.90 Å². The molecular formula is C20H17N3O4S. The van der Waals surface area contributed by atoms with Crippen LogP contribution in [-0.2, 0) is 10.0 Å². The van der Waals surface area contributed by atoms with Crippen LogP contribution >= 0.6 is 0 Å². The first-order valence-electron chi connectivity index (χ1n) is 8.24. The van der Waals surface area contributed by atoms with Gasteiger partial charge in [-0.05, 0) is 66.2 Å². The van der Waals surface area contributed by atoms with Crippen LogP contribution < -0.4 is 10.1 Å². The highest BCUT2D eigenvalue weighted by Crippen LogP contribution is 2.16. The molecule has 0 aromatic heterocycles. The van der Waals surface area contributed by atoms with E-state index in [0.717, 1.165) is 0 Å². The molecule has 3 N–H and O–H groups in total. The highest BCUT2D eigenvalue weighted by Gasteiger charge is 2.13. The number of hydrogen-bond donors (Lipinski definition) is 3. The summed E-state index contributed by atoms with van der Waals surface area (Å²) >= 11 is 0. The Balaban J connectivity index is 1.62. The third-order valence-corrected chi connectivity index (χ3v) is 5.12. The first-order valence-corrected chi connectivity index (χ1v) is 9.73. The second kappa shape index (κ2) is 8.36. The van der Waals surface area contributed by atoms with Gasteiger partial charge < -0.3 is 5.11 Å². The zero-order valence-electron chi connectivity index (χ0n) is 14.6. The van der Waals surface area contributed by atoms with E-state index in [1.807, 2.05) is 0 Å². The first-order chi connectivity index (χ1) is 13.4. The van der Waals surface area contributed by atoms with Crippen molar-refractivity contribution in [1.29, 1.82) is 0 Å². The maximum atomic E-state index is 12.3. The summed E-state index contributed by atoms with van der Waals surface area (Å²) in [6.07, 6.45) is 1.44. The van der Waals surface area contributed by atoms with Crippen LogP contribution in [0.5, 0.6) is 5.75 Å². The van der Waals surface area contributed by atoms with Crippen LogP contribution in [0.15, 0.2) is 88.9 Å². The van der Waals surface area contributed by atoms with Crippen molar-refractivity contribution in [1.82, 2.24) is 5.43 Å². The van der Waals surface area contributed by atoms with E-state index in [1.165, 1.54) is 54.7 Å². The third-order valence-electron chi connectivity index (χ3n) is 3.73. The Morgan fingerprint density at radius 3 is 2.18 bits per heavy atom. The average molecular weight is 395 g/mol. The molecule has 7 nitrogen and oxygen atoms in total. The lowest BCUT2D eigenvalue weighted by atomic mass is 10.2. The number of carbonyl (C=O) groups is 1. The Hall–Kier alpha value is -3.65. The van der Waals surface area contributed by atoms with Gasteiger partial charge in [0.05, 0.1) is 11.1 Å². The van der Waals surface area contributed by atoms with Crippen LogP contribution in [0.2, 0.25) is 0 Å². The number of benzene rings is 3. The predicted octanol–water partition coefficient (Wildman–Crippen LogP) is 2.96. The van der Waals surface area contributed by atoms with Crippen molar-refractivity contribution < 1.29 is 18.3 Å². The van der Waals surface area contributed by atoms with E-state index in [0.29, 0.717) is 16.8 Å². The fraction of sp³-hybridized carbons (Fsp3) is 0. The van der Waals surface area contributed by atoms with E-state index < -0.39 is 15.9 Å². The van der Waals surface area contributed by atoms with Gasteiger partial charge in [0.1, 0.15) is 5.75 Å². The molecule has 0 saturated carbocycles. The topological polar surface area (TPSA) is 108 Å². The molecule has 0 saturated heterocycles. The number of hydrogen-bond acceptors (Lipinski definition) is 5. The maximum Gasteiger partial charge on any atom is 0.271 e. The summed E-state index contributed by atoms with van der Waals surface area (Å²) < 4.78 is 27.0. The zero-order chi connectivity index (χ0) is 20.0. The molecule has 0 aliphatic heterocycles. The van der Waals surface area contributed by atoms with Crippen LogP contribution in [0.1, 0.15) is 15.9 Å². The molecule has 0 unspecified atom stereocenters. The molecule has 0 aliphatic rings. The molecule has 1 amide bonds. The second-order valence-electron chi connectivity index (χ2n) is 5.79. The zero-order valence-corrected chi connectivity index (χ0v) is 15.4. The van der Waals surface area contributed by atoms with Gasteiger partial charge in [0, 0.05) is 11.3 Å². The number of sulfonamides is 1. The second-order valence-corrected chi connectivity index (χ2v) is 7.47. The fourth-order valence-corrected chi connectivity index (χ4v) is 3.37. The van der Waals surface area contributed by atoms with Crippen molar-refractivity contribution in [3.63, 3.8) is 0 Å². The van der Waals surface area contributed by atoms with Crippen molar-refractivity contribution in [3.8, 4) is 5.75 Å². The van der Waals surface area contributed by atoms with E-state index in [4.69, 9.17) is 0 Å². The Kier molecular flexibility index (Phi) is 5.71. The lowest BCUT2D eigenvalue weighted by Crippen LogP contribution is -2.18. The summed E-state index contributed by atoms with van der Waals surface area (Å²) in [6, 6.07) is 20.3. The predicted molar refractivity (Wildman–Crippen MR) is 107 cm³/mol. The third kappa shape index (κ3) is 4.95.